The first kappa shape index (κ1) is 30.2. The van der Waals surface area contributed by atoms with Crippen LogP contribution in [0, 0.1) is 18.3 Å². The van der Waals surface area contributed by atoms with E-state index >= 15 is 0 Å². The number of ether oxygens (including phenoxy) is 1. The van der Waals surface area contributed by atoms with Crippen LogP contribution in [0.1, 0.15) is 44.5 Å². The standard InChI is InChI=1S/C31H44N8O2Si/c1-21-13-27(39(37-21)18-24-17-38(6)11-12-40-24)36-29-33-10-9-26(35-29)22-14-23(16-32)28-25(15-22)31(5,19-34-28)20-41-42(7,8)30(2,3)4/h9-10,13-15,24,34H,11-12,17-20H2,1-8H3,(H,33,35,36)/t24-,31-/m1/s1. The zero-order chi connectivity index (χ0) is 30.3. The van der Waals surface area contributed by atoms with Gasteiger partial charge in [0.2, 0.25) is 5.95 Å². The highest BCUT2D eigenvalue weighted by Gasteiger charge is 2.42. The van der Waals surface area contributed by atoms with E-state index in [9.17, 15) is 5.26 Å². The summed E-state index contributed by atoms with van der Waals surface area (Å²) in [5.41, 5.74) is 4.85. The Bertz CT molecular complexity index is 1490. The van der Waals surface area contributed by atoms with E-state index in [0.717, 1.165) is 60.3 Å². The number of benzene rings is 1. The fourth-order valence-corrected chi connectivity index (χ4v) is 6.37. The molecule has 0 radical (unpaired) electrons. The van der Waals surface area contributed by atoms with Crippen LogP contribution in [0.15, 0.2) is 30.5 Å². The number of hydrogen-bond acceptors (Lipinski definition) is 9. The lowest BCUT2D eigenvalue weighted by Gasteiger charge is -2.39. The third kappa shape index (κ3) is 6.22. The second-order valence-corrected chi connectivity index (χ2v) is 18.3. The first-order valence-electron chi connectivity index (χ1n) is 14.7. The Labute approximate surface area is 250 Å². The number of aromatic nitrogens is 4. The van der Waals surface area contributed by atoms with Crippen LogP contribution in [0.3, 0.4) is 0 Å². The number of nitrogens with one attached hydrogen (secondary N) is 2. The maximum absolute atomic E-state index is 10.1. The summed E-state index contributed by atoms with van der Waals surface area (Å²) >= 11 is 0. The lowest BCUT2D eigenvalue weighted by molar-refractivity contribution is -0.0287. The molecule has 2 aromatic heterocycles. The number of likely N-dealkylation sites (N-methyl/N-ethyl adjacent to an activating group) is 1. The van der Waals surface area contributed by atoms with Crippen molar-refractivity contribution in [2.24, 2.45) is 0 Å². The highest BCUT2D eigenvalue weighted by molar-refractivity contribution is 6.74. The van der Waals surface area contributed by atoms with E-state index in [1.807, 2.05) is 29.8 Å². The first-order valence-corrected chi connectivity index (χ1v) is 17.6. The topological polar surface area (TPSA) is 113 Å². The molecule has 4 heterocycles. The largest absolute Gasteiger partial charge is 0.416 e. The van der Waals surface area contributed by atoms with Gasteiger partial charge in [0, 0.05) is 49.5 Å². The van der Waals surface area contributed by atoms with E-state index in [4.69, 9.17) is 14.1 Å². The predicted molar refractivity (Wildman–Crippen MR) is 169 cm³/mol. The fraction of sp³-hybridized carbons (Fsp3) is 0.548. The Kier molecular flexibility index (Phi) is 8.20. The van der Waals surface area contributed by atoms with Crippen LogP contribution in [0.4, 0.5) is 17.5 Å². The minimum absolute atomic E-state index is 0.0650. The zero-order valence-electron chi connectivity index (χ0n) is 26.2. The molecule has 2 atom stereocenters. The summed E-state index contributed by atoms with van der Waals surface area (Å²) in [5, 5.41) is 21.7. The Hall–Kier alpha value is -3.30. The van der Waals surface area contributed by atoms with Gasteiger partial charge in [-0.05, 0) is 55.9 Å². The summed E-state index contributed by atoms with van der Waals surface area (Å²) in [4.78, 5) is 11.6. The molecule has 0 aliphatic carbocycles. The maximum atomic E-state index is 10.1. The van der Waals surface area contributed by atoms with E-state index < -0.39 is 8.32 Å². The van der Waals surface area contributed by atoms with Crippen molar-refractivity contribution in [1.82, 2.24) is 24.6 Å². The van der Waals surface area contributed by atoms with Gasteiger partial charge in [-0.25, -0.2) is 14.6 Å². The Balaban J connectivity index is 1.41. The maximum Gasteiger partial charge on any atom is 0.228 e. The average Bonchev–Trinajstić information content (AvgIpc) is 3.45. The molecule has 1 aromatic carbocycles. The average molecular weight is 589 g/mol. The number of nitrogens with zero attached hydrogens (tertiary/aromatic N) is 6. The van der Waals surface area contributed by atoms with Crippen LogP contribution in [-0.4, -0.2) is 79.0 Å². The molecular weight excluding hydrogens is 544 g/mol. The number of aryl methyl sites for hydroxylation is 1. The van der Waals surface area contributed by atoms with Gasteiger partial charge in [0.1, 0.15) is 11.9 Å². The van der Waals surface area contributed by atoms with Crippen LogP contribution in [0.2, 0.25) is 18.1 Å². The molecule has 11 heteroatoms. The van der Waals surface area contributed by atoms with Gasteiger partial charge in [-0.3, -0.25) is 0 Å². The molecule has 5 rings (SSSR count). The fourth-order valence-electron chi connectivity index (χ4n) is 5.26. The van der Waals surface area contributed by atoms with Gasteiger partial charge in [0.05, 0.1) is 41.9 Å². The predicted octanol–water partition coefficient (Wildman–Crippen LogP) is 5.30. The van der Waals surface area contributed by atoms with Gasteiger partial charge in [-0.15, -0.1) is 0 Å². The van der Waals surface area contributed by atoms with Gasteiger partial charge in [0.15, 0.2) is 8.32 Å². The van der Waals surface area contributed by atoms with Gasteiger partial charge in [0.25, 0.3) is 0 Å². The van der Waals surface area contributed by atoms with Crippen molar-refractivity contribution in [2.75, 3.05) is 50.5 Å². The molecule has 10 nitrogen and oxygen atoms in total. The minimum atomic E-state index is -1.94. The van der Waals surface area contributed by atoms with E-state index in [2.05, 4.69) is 85.6 Å². The highest BCUT2D eigenvalue weighted by atomic mass is 28.4. The smallest absolute Gasteiger partial charge is 0.228 e. The second kappa shape index (κ2) is 11.4. The molecule has 1 saturated heterocycles. The van der Waals surface area contributed by atoms with Crippen LogP contribution in [0.25, 0.3) is 11.3 Å². The molecule has 0 amide bonds. The molecule has 0 bridgehead atoms. The number of fused-ring (bicyclic) bond motifs is 1. The molecule has 1 fully saturated rings. The van der Waals surface area contributed by atoms with Crippen molar-refractivity contribution in [3.63, 3.8) is 0 Å². The Morgan fingerprint density at radius 3 is 2.79 bits per heavy atom. The van der Waals surface area contributed by atoms with E-state index in [0.29, 0.717) is 24.7 Å². The van der Waals surface area contributed by atoms with Crippen molar-refractivity contribution in [1.29, 1.82) is 5.26 Å². The summed E-state index contributed by atoms with van der Waals surface area (Å²) in [6.07, 6.45) is 1.81. The molecule has 0 unspecified atom stereocenters. The summed E-state index contributed by atoms with van der Waals surface area (Å²) in [6, 6.07) is 10.3. The SMILES string of the molecule is Cc1cc(Nc2nccc(-c3cc(C#N)c4c(c3)[C@@](C)(CO[Si](C)(C)C(C)(C)C)CN4)n2)n(C[C@H]2CN(C)CCO2)n1. The number of anilines is 3. The van der Waals surface area contributed by atoms with E-state index in [1.165, 1.54) is 0 Å². The van der Waals surface area contributed by atoms with E-state index in [1.54, 1.807) is 6.20 Å². The second-order valence-electron chi connectivity index (χ2n) is 13.5. The molecule has 0 saturated carbocycles. The molecule has 42 heavy (non-hydrogen) atoms. The normalized spacial score (nSPS) is 21.1. The number of nitriles is 1. The first-order chi connectivity index (χ1) is 19.8. The lowest BCUT2D eigenvalue weighted by atomic mass is 9.83. The minimum Gasteiger partial charge on any atom is -0.416 e. The van der Waals surface area contributed by atoms with Gasteiger partial charge in [-0.2, -0.15) is 10.4 Å². The van der Waals surface area contributed by atoms with Crippen molar-refractivity contribution >= 4 is 25.8 Å². The molecule has 224 valence electrons. The summed E-state index contributed by atoms with van der Waals surface area (Å²) < 4.78 is 14.6. The van der Waals surface area contributed by atoms with Crippen LogP contribution >= 0.6 is 0 Å². The van der Waals surface area contributed by atoms with Crippen molar-refractivity contribution in [2.45, 2.75) is 70.8 Å². The molecular formula is C31H44N8O2Si. The van der Waals surface area contributed by atoms with Crippen LogP contribution in [-0.2, 0) is 21.1 Å². The van der Waals surface area contributed by atoms with Gasteiger partial charge >= 0.3 is 0 Å². The van der Waals surface area contributed by atoms with Crippen LogP contribution < -0.4 is 10.6 Å². The lowest BCUT2D eigenvalue weighted by Crippen LogP contribution is -2.45. The van der Waals surface area contributed by atoms with E-state index in [-0.39, 0.29) is 16.6 Å². The number of hydrogen-bond donors (Lipinski definition) is 2. The van der Waals surface area contributed by atoms with Crippen molar-refractivity contribution in [3.05, 3.63) is 47.3 Å². The number of rotatable bonds is 8. The molecule has 2 aliphatic rings. The van der Waals surface area contributed by atoms with Crippen LogP contribution in [0.5, 0.6) is 0 Å². The number of morpholine rings is 1. The molecule has 0 spiro atoms. The van der Waals surface area contributed by atoms with Gasteiger partial charge < -0.3 is 24.7 Å². The highest BCUT2D eigenvalue weighted by Crippen LogP contribution is 2.44. The summed E-state index contributed by atoms with van der Waals surface area (Å²) in [5.74, 6) is 1.28. The van der Waals surface area contributed by atoms with Gasteiger partial charge in [-0.1, -0.05) is 27.7 Å². The Morgan fingerprint density at radius 2 is 2.07 bits per heavy atom. The molecule has 2 aliphatic heterocycles. The molecule has 2 N–H and O–H groups in total. The third-order valence-electron chi connectivity index (χ3n) is 8.93. The monoisotopic (exact) mass is 588 g/mol. The quantitative estimate of drug-likeness (QED) is 0.339. The molecule has 3 aromatic rings. The third-order valence-corrected chi connectivity index (χ3v) is 13.4. The summed E-state index contributed by atoms with van der Waals surface area (Å²) in [6.45, 7) is 20.0. The summed E-state index contributed by atoms with van der Waals surface area (Å²) in [7, 11) is 0.166. The zero-order valence-corrected chi connectivity index (χ0v) is 27.2. The van der Waals surface area contributed by atoms with Crippen molar-refractivity contribution in [3.8, 4) is 17.3 Å². The Morgan fingerprint density at radius 1 is 1.29 bits per heavy atom. The van der Waals surface area contributed by atoms with Crippen molar-refractivity contribution < 1.29 is 9.16 Å².